The van der Waals surface area contributed by atoms with Gasteiger partial charge in [0.2, 0.25) is 5.91 Å². The summed E-state index contributed by atoms with van der Waals surface area (Å²) in [6.45, 7) is 4.30. The molecule has 0 saturated carbocycles. The van der Waals surface area contributed by atoms with Crippen LogP contribution in [0.3, 0.4) is 0 Å². The largest absolute Gasteiger partial charge is 0.350 e. The van der Waals surface area contributed by atoms with Gasteiger partial charge in [0, 0.05) is 42.6 Å². The van der Waals surface area contributed by atoms with Crippen molar-refractivity contribution in [2.24, 2.45) is 7.05 Å². The van der Waals surface area contributed by atoms with E-state index < -0.39 is 0 Å². The molecule has 31 heavy (non-hydrogen) atoms. The van der Waals surface area contributed by atoms with Crippen molar-refractivity contribution in [3.05, 3.63) is 87.6 Å². The third-order valence-corrected chi connectivity index (χ3v) is 5.64. The first-order chi connectivity index (χ1) is 15.0. The lowest BCUT2D eigenvalue weighted by Gasteiger charge is -2.12. The van der Waals surface area contributed by atoms with E-state index >= 15 is 0 Å². The van der Waals surface area contributed by atoms with Crippen molar-refractivity contribution in [1.82, 2.24) is 24.5 Å². The van der Waals surface area contributed by atoms with E-state index in [1.54, 1.807) is 6.20 Å². The third kappa shape index (κ3) is 4.12. The summed E-state index contributed by atoms with van der Waals surface area (Å²) in [5.41, 5.74) is 5.64. The van der Waals surface area contributed by atoms with Crippen molar-refractivity contribution in [2.75, 3.05) is 0 Å². The Balaban J connectivity index is 1.57. The molecule has 0 fully saturated rings. The molecule has 0 atom stereocenters. The molecule has 1 aromatic carbocycles. The van der Waals surface area contributed by atoms with Gasteiger partial charge in [0.25, 0.3) is 5.56 Å². The number of rotatable bonds is 6. The lowest BCUT2D eigenvalue weighted by atomic mass is 10.1. The molecule has 0 aliphatic rings. The Morgan fingerprint density at radius 1 is 1.10 bits per heavy atom. The number of aryl methyl sites for hydroxylation is 2. The maximum absolute atomic E-state index is 13.2. The van der Waals surface area contributed by atoms with E-state index in [1.165, 1.54) is 4.52 Å². The van der Waals surface area contributed by atoms with Crippen molar-refractivity contribution in [3.63, 3.8) is 0 Å². The highest BCUT2D eigenvalue weighted by Gasteiger charge is 2.17. The fourth-order valence-corrected chi connectivity index (χ4v) is 3.71. The minimum atomic E-state index is -0.178. The Morgan fingerprint density at radius 3 is 2.61 bits per heavy atom. The standard InChI is InChI=1S/C24H25N5O2/c1-16-8-4-5-10-19(16)21-14-23-28(3)17(2)20(24(31)29(23)27-21)11-12-22(30)26-15-18-9-6-7-13-25-18/h4-10,13-14H,11-12,15H2,1-3H3,(H,26,30). The fourth-order valence-electron chi connectivity index (χ4n) is 3.71. The van der Waals surface area contributed by atoms with Crippen LogP contribution in [0.1, 0.15) is 28.9 Å². The maximum Gasteiger partial charge on any atom is 0.277 e. The van der Waals surface area contributed by atoms with E-state index in [1.807, 2.05) is 74.0 Å². The van der Waals surface area contributed by atoms with Gasteiger partial charge in [-0.25, -0.2) is 0 Å². The zero-order chi connectivity index (χ0) is 22.0. The second kappa shape index (κ2) is 8.55. The van der Waals surface area contributed by atoms with Gasteiger partial charge in [0.1, 0.15) is 5.65 Å². The molecule has 0 saturated heterocycles. The molecule has 0 bridgehead atoms. The van der Waals surface area contributed by atoms with Crippen molar-refractivity contribution in [3.8, 4) is 11.3 Å². The molecule has 0 aliphatic carbocycles. The van der Waals surface area contributed by atoms with Crippen LogP contribution in [0, 0.1) is 13.8 Å². The molecule has 3 aromatic heterocycles. The highest BCUT2D eigenvalue weighted by Crippen LogP contribution is 2.23. The van der Waals surface area contributed by atoms with Gasteiger partial charge in [0.15, 0.2) is 0 Å². The Bertz CT molecular complexity index is 1310. The van der Waals surface area contributed by atoms with Crippen LogP contribution in [0.5, 0.6) is 0 Å². The number of hydrogen-bond donors (Lipinski definition) is 1. The van der Waals surface area contributed by atoms with Crippen LogP contribution in [0.4, 0.5) is 0 Å². The number of hydrogen-bond acceptors (Lipinski definition) is 4. The van der Waals surface area contributed by atoms with Gasteiger partial charge in [-0.2, -0.15) is 9.61 Å². The molecule has 1 amide bonds. The highest BCUT2D eigenvalue weighted by molar-refractivity contribution is 5.76. The van der Waals surface area contributed by atoms with Crippen LogP contribution < -0.4 is 10.9 Å². The van der Waals surface area contributed by atoms with Crippen molar-refractivity contribution >= 4 is 11.6 Å². The van der Waals surface area contributed by atoms with Crippen LogP contribution in [0.25, 0.3) is 16.9 Å². The predicted molar refractivity (Wildman–Crippen MR) is 120 cm³/mol. The number of carbonyl (C=O) groups is 1. The molecule has 0 unspecified atom stereocenters. The molecule has 0 radical (unpaired) electrons. The number of benzene rings is 1. The van der Waals surface area contributed by atoms with Crippen LogP contribution in [0.2, 0.25) is 0 Å². The lowest BCUT2D eigenvalue weighted by Crippen LogP contribution is -2.28. The third-order valence-electron chi connectivity index (χ3n) is 5.64. The molecule has 1 N–H and O–H groups in total. The van der Waals surface area contributed by atoms with Crippen LogP contribution in [0.15, 0.2) is 59.5 Å². The first kappa shape index (κ1) is 20.5. The second-order valence-electron chi connectivity index (χ2n) is 7.64. The van der Waals surface area contributed by atoms with E-state index in [0.717, 1.165) is 33.9 Å². The Hall–Kier alpha value is -3.74. The normalized spacial score (nSPS) is 11.1. The average Bonchev–Trinajstić information content (AvgIpc) is 3.23. The monoisotopic (exact) mass is 415 g/mol. The van der Waals surface area contributed by atoms with Crippen LogP contribution in [-0.4, -0.2) is 25.1 Å². The Labute approximate surface area is 180 Å². The number of fused-ring (bicyclic) bond motifs is 1. The van der Waals surface area contributed by atoms with Gasteiger partial charge in [-0.1, -0.05) is 30.3 Å². The molecule has 0 aliphatic heterocycles. The molecule has 7 nitrogen and oxygen atoms in total. The molecule has 0 spiro atoms. The average molecular weight is 415 g/mol. The van der Waals surface area contributed by atoms with Crippen molar-refractivity contribution in [1.29, 1.82) is 0 Å². The highest BCUT2D eigenvalue weighted by atomic mass is 16.1. The molecule has 7 heteroatoms. The zero-order valence-electron chi connectivity index (χ0n) is 17.9. The van der Waals surface area contributed by atoms with E-state index in [-0.39, 0.29) is 17.9 Å². The molecule has 4 aromatic rings. The van der Waals surface area contributed by atoms with E-state index in [2.05, 4.69) is 15.4 Å². The van der Waals surface area contributed by atoms with Crippen molar-refractivity contribution in [2.45, 2.75) is 33.2 Å². The number of nitrogens with zero attached hydrogens (tertiary/aromatic N) is 4. The minimum absolute atomic E-state index is 0.117. The van der Waals surface area contributed by atoms with Gasteiger partial charge in [0.05, 0.1) is 17.9 Å². The SMILES string of the molecule is Cc1ccccc1-c1cc2n(C)c(C)c(CCC(=O)NCc3ccccn3)c(=O)n2n1. The van der Waals surface area contributed by atoms with Gasteiger partial charge >= 0.3 is 0 Å². The quantitative estimate of drug-likeness (QED) is 0.525. The number of aromatic nitrogens is 4. The number of pyridine rings is 1. The van der Waals surface area contributed by atoms with E-state index in [9.17, 15) is 9.59 Å². The first-order valence-electron chi connectivity index (χ1n) is 10.3. The summed E-state index contributed by atoms with van der Waals surface area (Å²) in [7, 11) is 1.91. The topological polar surface area (TPSA) is 81.3 Å². The molecule has 4 rings (SSSR count). The van der Waals surface area contributed by atoms with Gasteiger partial charge in [-0.15, -0.1) is 0 Å². The van der Waals surface area contributed by atoms with Gasteiger partial charge in [-0.3, -0.25) is 14.6 Å². The van der Waals surface area contributed by atoms with Gasteiger partial charge < -0.3 is 9.88 Å². The smallest absolute Gasteiger partial charge is 0.277 e. The summed E-state index contributed by atoms with van der Waals surface area (Å²) in [4.78, 5) is 29.7. The summed E-state index contributed by atoms with van der Waals surface area (Å²) >= 11 is 0. The number of nitrogens with one attached hydrogen (secondary N) is 1. The molecular formula is C24H25N5O2. The van der Waals surface area contributed by atoms with Crippen molar-refractivity contribution < 1.29 is 4.79 Å². The van der Waals surface area contributed by atoms with E-state index in [0.29, 0.717) is 18.5 Å². The summed E-state index contributed by atoms with van der Waals surface area (Å²) in [5.74, 6) is -0.117. The number of amides is 1. The maximum atomic E-state index is 13.2. The number of carbonyl (C=O) groups excluding carboxylic acids is 1. The summed E-state index contributed by atoms with van der Waals surface area (Å²) < 4.78 is 3.40. The molecular weight excluding hydrogens is 390 g/mol. The van der Waals surface area contributed by atoms with Crippen LogP contribution in [-0.2, 0) is 24.8 Å². The minimum Gasteiger partial charge on any atom is -0.350 e. The zero-order valence-corrected chi connectivity index (χ0v) is 17.9. The predicted octanol–water partition coefficient (Wildman–Crippen LogP) is 2.96. The van der Waals surface area contributed by atoms with Crippen LogP contribution >= 0.6 is 0 Å². The Kier molecular flexibility index (Phi) is 5.66. The lowest BCUT2D eigenvalue weighted by molar-refractivity contribution is -0.121. The van der Waals surface area contributed by atoms with Gasteiger partial charge in [-0.05, 0) is 38.0 Å². The summed E-state index contributed by atoms with van der Waals surface area (Å²) in [6, 6.07) is 15.5. The molecule has 158 valence electrons. The van der Waals surface area contributed by atoms with E-state index in [4.69, 9.17) is 0 Å². The molecule has 3 heterocycles. The summed E-state index contributed by atoms with van der Waals surface area (Å²) in [5, 5.41) is 7.44. The fraction of sp³-hybridized carbons (Fsp3) is 0.250. The summed E-state index contributed by atoms with van der Waals surface area (Å²) in [6.07, 6.45) is 2.27. The Morgan fingerprint density at radius 2 is 1.87 bits per heavy atom. The second-order valence-corrected chi connectivity index (χ2v) is 7.64. The first-order valence-corrected chi connectivity index (χ1v) is 10.3.